The predicted octanol–water partition coefficient (Wildman–Crippen LogP) is -0.878. The second-order valence-electron chi connectivity index (χ2n) is 10.4. The van der Waals surface area contributed by atoms with Crippen LogP contribution in [0.15, 0.2) is 36.9 Å². The van der Waals surface area contributed by atoms with Crippen LogP contribution in [0.5, 0.6) is 0 Å². The highest BCUT2D eigenvalue weighted by molar-refractivity contribution is 6.68. The summed E-state index contributed by atoms with van der Waals surface area (Å²) in [5, 5.41) is 26.2. The van der Waals surface area contributed by atoms with Gasteiger partial charge in [-0.25, -0.2) is 14.6 Å². The number of carbonyl (C=O) groups excluding carboxylic acids is 1. The van der Waals surface area contributed by atoms with E-state index < -0.39 is 5.11 Å². The molecule has 1 N–H and O–H groups in total. The molecule has 1 amide bonds. The van der Waals surface area contributed by atoms with Gasteiger partial charge in [0.2, 0.25) is 5.91 Å². The lowest BCUT2D eigenvalue weighted by Crippen LogP contribution is -2.54. The molecule has 0 aliphatic carbocycles. The third-order valence-corrected chi connectivity index (χ3v) is 6.04. The molecule has 0 radical (unpaired) electrons. The zero-order valence-corrected chi connectivity index (χ0v) is 21.0. The normalized spacial score (nSPS) is 14.1. The lowest BCUT2D eigenvalue weighted by Gasteiger charge is -2.42. The summed E-state index contributed by atoms with van der Waals surface area (Å²) in [5.41, 5.74) is 3.46. The Balaban J connectivity index is 1.43. The first kappa shape index (κ1) is 23.6. The number of carbonyl (C=O) groups is 1. The van der Waals surface area contributed by atoms with Gasteiger partial charge in [-0.15, -0.1) is 5.10 Å². The van der Waals surface area contributed by atoms with Crippen LogP contribution in [0.25, 0.3) is 28.1 Å². The van der Waals surface area contributed by atoms with Crippen molar-refractivity contribution in [3.63, 3.8) is 0 Å². The van der Waals surface area contributed by atoms with Crippen molar-refractivity contribution in [3.8, 4) is 23.1 Å². The highest BCUT2D eigenvalue weighted by Crippen LogP contribution is 2.31. The van der Waals surface area contributed by atoms with Crippen molar-refractivity contribution in [3.05, 3.63) is 42.5 Å². The molecule has 5 rings (SSSR count). The maximum Gasteiger partial charge on any atom is 0.205 e. The van der Waals surface area contributed by atoms with Crippen molar-refractivity contribution in [2.24, 2.45) is 0 Å². The Morgan fingerprint density at radius 3 is 2.67 bits per heavy atom. The molecule has 36 heavy (non-hydrogen) atoms. The van der Waals surface area contributed by atoms with E-state index in [1.54, 1.807) is 23.1 Å². The van der Waals surface area contributed by atoms with Crippen LogP contribution in [0.3, 0.4) is 0 Å². The Morgan fingerprint density at radius 1 is 1.19 bits per heavy atom. The summed E-state index contributed by atoms with van der Waals surface area (Å²) in [5.74, 6) is 0.739. The van der Waals surface area contributed by atoms with Crippen LogP contribution in [-0.2, 0) is 4.79 Å². The van der Waals surface area contributed by atoms with Crippen LogP contribution < -0.4 is 5.32 Å². The van der Waals surface area contributed by atoms with Crippen molar-refractivity contribution in [1.82, 2.24) is 39.6 Å². The molecular formula is C22H25B3N10O. The second-order valence-corrected chi connectivity index (χ2v) is 10.4. The molecule has 5 heterocycles. The van der Waals surface area contributed by atoms with E-state index in [0.717, 1.165) is 16.6 Å². The topological polar surface area (TPSA) is 130 Å². The van der Waals surface area contributed by atoms with Gasteiger partial charge < -0.3 is 10.2 Å². The van der Waals surface area contributed by atoms with Gasteiger partial charge in [0.15, 0.2) is 11.5 Å². The van der Waals surface area contributed by atoms with E-state index in [-0.39, 0.29) is 18.0 Å². The Hall–Kier alpha value is -4.14. The maximum atomic E-state index is 12.5. The number of fused-ring (bicyclic) bond motifs is 1. The monoisotopic (exact) mass is 478 g/mol. The van der Waals surface area contributed by atoms with Crippen LogP contribution >= 0.6 is 0 Å². The third kappa shape index (κ3) is 4.32. The summed E-state index contributed by atoms with van der Waals surface area (Å²) < 4.78 is 3.48. The van der Waals surface area contributed by atoms with Gasteiger partial charge in [0.25, 0.3) is 0 Å². The summed E-state index contributed by atoms with van der Waals surface area (Å²) in [6.45, 7) is 5.37. The molecular weight excluding hydrogens is 453 g/mol. The molecule has 1 saturated heterocycles. The molecule has 0 unspecified atom stereocenters. The van der Waals surface area contributed by atoms with E-state index in [4.69, 9.17) is 5.26 Å². The van der Waals surface area contributed by atoms with Gasteiger partial charge in [-0.2, -0.15) is 15.0 Å². The smallest absolute Gasteiger partial charge is 0.205 e. The highest BCUT2D eigenvalue weighted by Gasteiger charge is 2.37. The lowest BCUT2D eigenvalue weighted by atomic mass is 9.42. The highest BCUT2D eigenvalue weighted by atomic mass is 16.2. The molecule has 11 nitrogen and oxygen atoms in total. The van der Waals surface area contributed by atoms with E-state index in [9.17, 15) is 4.79 Å². The molecule has 1 aliphatic rings. The van der Waals surface area contributed by atoms with Crippen molar-refractivity contribution >= 4 is 46.2 Å². The molecule has 1 aliphatic heterocycles. The molecule has 0 bridgehead atoms. The number of hydrogen-bond donors (Lipinski definition) is 1. The number of aromatic nitrogens is 7. The Kier molecular flexibility index (Phi) is 5.78. The molecule has 0 aromatic carbocycles. The fourth-order valence-electron chi connectivity index (χ4n) is 4.19. The van der Waals surface area contributed by atoms with Crippen LogP contribution in [0.2, 0.25) is 5.11 Å². The average Bonchev–Trinajstić information content (AvgIpc) is 3.44. The SMILES string of the molecule is BC(B)(B)C(=O)N1CC(n2cc(-c3cnc(-n4ncc5cc(C#N)cnc54)cc3NC(C)C)nn2)C1. The standard InChI is InChI=1S/C22H25B3N10O/c1-12(2)30-17-4-19(35-20-14(7-29-35)3-13(5-26)6-28-20)27-8-16(17)18-11-34(32-31-18)15-9-33(10-15)21(36)22(23,24)25/h3-4,6-8,11-12,15H,9-10,23-25H2,1-2H3,(H,27,30). The number of nitriles is 1. The first-order valence-electron chi connectivity index (χ1n) is 11.9. The number of rotatable bonds is 6. The molecule has 0 atom stereocenters. The molecule has 1 fully saturated rings. The fourth-order valence-corrected chi connectivity index (χ4v) is 4.19. The number of pyridine rings is 2. The molecule has 4 aromatic heterocycles. The summed E-state index contributed by atoms with van der Waals surface area (Å²) in [7, 11) is 5.80. The van der Waals surface area contributed by atoms with Crippen LogP contribution in [0, 0.1) is 11.3 Å². The number of anilines is 1. The Morgan fingerprint density at radius 2 is 1.97 bits per heavy atom. The van der Waals surface area contributed by atoms with E-state index in [1.165, 1.54) is 6.20 Å². The number of nitrogens with one attached hydrogen (secondary N) is 1. The maximum absolute atomic E-state index is 12.5. The van der Waals surface area contributed by atoms with Gasteiger partial charge in [-0.05, 0) is 25.0 Å². The number of hydrogen-bond acceptors (Lipinski definition) is 8. The van der Waals surface area contributed by atoms with Crippen LogP contribution in [0.4, 0.5) is 5.69 Å². The van der Waals surface area contributed by atoms with Gasteiger partial charge in [-0.1, -0.05) is 5.21 Å². The van der Waals surface area contributed by atoms with Crippen molar-refractivity contribution in [1.29, 1.82) is 5.26 Å². The van der Waals surface area contributed by atoms with Crippen molar-refractivity contribution < 1.29 is 4.79 Å². The van der Waals surface area contributed by atoms with Crippen LogP contribution in [-0.4, -0.2) is 88.2 Å². The fraction of sp³-hybridized carbons (Fsp3) is 0.318. The Labute approximate surface area is 211 Å². The predicted molar refractivity (Wildman–Crippen MR) is 143 cm³/mol. The van der Waals surface area contributed by atoms with Gasteiger partial charge in [0.1, 0.15) is 35.3 Å². The van der Waals surface area contributed by atoms with E-state index in [0.29, 0.717) is 35.8 Å². The molecule has 0 saturated carbocycles. The average molecular weight is 478 g/mol. The van der Waals surface area contributed by atoms with Crippen LogP contribution in [0.1, 0.15) is 25.5 Å². The van der Waals surface area contributed by atoms with Crippen molar-refractivity contribution in [2.75, 3.05) is 18.4 Å². The Bertz CT molecular complexity index is 1490. The molecule has 4 aromatic rings. The minimum Gasteiger partial charge on any atom is -0.382 e. The molecule has 0 spiro atoms. The summed E-state index contributed by atoms with van der Waals surface area (Å²) >= 11 is 0. The minimum absolute atomic E-state index is 0.103. The third-order valence-electron chi connectivity index (χ3n) is 6.04. The first-order valence-corrected chi connectivity index (χ1v) is 11.9. The summed E-state index contributed by atoms with van der Waals surface area (Å²) in [4.78, 5) is 23.4. The van der Waals surface area contributed by atoms with E-state index in [2.05, 4.69) is 50.6 Å². The lowest BCUT2D eigenvalue weighted by molar-refractivity contribution is -0.136. The first-order chi connectivity index (χ1) is 17.1. The molecule has 14 heteroatoms. The summed E-state index contributed by atoms with van der Waals surface area (Å²) in [6.07, 6.45) is 6.85. The van der Waals surface area contributed by atoms with Gasteiger partial charge in [0.05, 0.1) is 24.0 Å². The second kappa shape index (κ2) is 8.82. The largest absolute Gasteiger partial charge is 0.382 e. The molecule has 178 valence electrons. The van der Waals surface area contributed by atoms with Gasteiger partial charge >= 0.3 is 0 Å². The van der Waals surface area contributed by atoms with Gasteiger partial charge in [-0.3, -0.25) is 4.79 Å². The summed E-state index contributed by atoms with van der Waals surface area (Å²) in [6, 6.07) is 6.03. The number of nitrogens with zero attached hydrogens (tertiary/aromatic N) is 9. The number of amides is 1. The zero-order chi connectivity index (χ0) is 25.6. The van der Waals surface area contributed by atoms with E-state index in [1.807, 2.05) is 45.4 Å². The zero-order valence-electron chi connectivity index (χ0n) is 21.0. The van der Waals surface area contributed by atoms with E-state index >= 15 is 0 Å². The quantitative estimate of drug-likeness (QED) is 0.354. The number of likely N-dealkylation sites (tertiary alicyclic amines) is 1. The van der Waals surface area contributed by atoms with Gasteiger partial charge in [0, 0.05) is 54.2 Å². The van der Waals surface area contributed by atoms with Crippen molar-refractivity contribution in [2.45, 2.75) is 31.0 Å². The minimum atomic E-state index is -0.392.